The molecule has 0 saturated heterocycles. The smallest absolute Gasteiger partial charge is 0.299 e. The molecule has 4 aliphatic carbocycles. The van der Waals surface area contributed by atoms with E-state index < -0.39 is 9.85 Å². The first kappa shape index (κ1) is 18.2. The molecule has 4 bridgehead atoms. The molecule has 5 rings (SSSR count). The van der Waals surface area contributed by atoms with Crippen LogP contribution in [0.15, 0.2) is 18.2 Å². The molecule has 4 aliphatic rings. The number of hydrogen-bond donors (Lipinski definition) is 2. The zero-order valence-corrected chi connectivity index (χ0v) is 15.4. The minimum absolute atomic E-state index is 0.252. The van der Waals surface area contributed by atoms with Crippen LogP contribution in [0.2, 0.25) is 0 Å². The number of rotatable bonds is 8. The largest absolute Gasteiger partial charge is 0.379 e. The lowest BCUT2D eigenvalue weighted by molar-refractivity contribution is -0.393. The Morgan fingerprint density at radius 2 is 1.59 bits per heavy atom. The second kappa shape index (κ2) is 7.07. The normalized spacial score (nSPS) is 31.0. The fourth-order valence-corrected chi connectivity index (χ4v) is 5.93. The SMILES string of the molecule is O=[N+]([O-])c1ccc(NCCCNC23CC4CC(CC(C4)C2)C3)c([N+](=O)[O-])c1. The second-order valence-electron chi connectivity index (χ2n) is 8.62. The molecule has 0 unspecified atom stereocenters. The molecule has 4 fully saturated rings. The molecule has 2 N–H and O–H groups in total. The van der Waals surface area contributed by atoms with Crippen molar-refractivity contribution in [3.05, 3.63) is 38.4 Å². The van der Waals surface area contributed by atoms with E-state index in [0.29, 0.717) is 17.8 Å². The Bertz CT molecular complexity index is 716. The highest BCUT2D eigenvalue weighted by molar-refractivity contribution is 5.65. The Balaban J connectivity index is 1.28. The molecule has 1 aromatic carbocycles. The van der Waals surface area contributed by atoms with Gasteiger partial charge in [-0.3, -0.25) is 20.2 Å². The van der Waals surface area contributed by atoms with Crippen LogP contribution >= 0.6 is 0 Å². The number of anilines is 1. The molecule has 8 nitrogen and oxygen atoms in total. The molecule has 0 heterocycles. The number of nitrogens with one attached hydrogen (secondary N) is 2. The summed E-state index contributed by atoms with van der Waals surface area (Å²) in [6.45, 7) is 1.48. The molecule has 8 heteroatoms. The van der Waals surface area contributed by atoms with Crippen molar-refractivity contribution in [3.63, 3.8) is 0 Å². The van der Waals surface area contributed by atoms with E-state index in [9.17, 15) is 20.2 Å². The van der Waals surface area contributed by atoms with Gasteiger partial charge in [0.1, 0.15) is 5.69 Å². The van der Waals surface area contributed by atoms with E-state index in [4.69, 9.17) is 0 Å². The third-order valence-electron chi connectivity index (χ3n) is 6.60. The Morgan fingerprint density at radius 1 is 0.963 bits per heavy atom. The highest BCUT2D eigenvalue weighted by Crippen LogP contribution is 2.55. The fraction of sp³-hybridized carbons (Fsp3) is 0.684. The van der Waals surface area contributed by atoms with Gasteiger partial charge in [0.15, 0.2) is 0 Å². The first-order chi connectivity index (χ1) is 12.9. The number of benzene rings is 1. The average Bonchev–Trinajstić information content (AvgIpc) is 2.60. The zero-order chi connectivity index (χ0) is 19.0. The Labute approximate surface area is 158 Å². The predicted molar refractivity (Wildman–Crippen MR) is 102 cm³/mol. The maximum absolute atomic E-state index is 11.2. The van der Waals surface area contributed by atoms with Gasteiger partial charge in [0.05, 0.1) is 15.9 Å². The van der Waals surface area contributed by atoms with Gasteiger partial charge < -0.3 is 10.6 Å². The van der Waals surface area contributed by atoms with Gasteiger partial charge in [-0.2, -0.15) is 0 Å². The van der Waals surface area contributed by atoms with Crippen LogP contribution in [0.1, 0.15) is 44.9 Å². The Hall–Kier alpha value is -2.22. The van der Waals surface area contributed by atoms with Crippen molar-refractivity contribution >= 4 is 17.1 Å². The second-order valence-corrected chi connectivity index (χ2v) is 8.62. The molecule has 0 atom stereocenters. The third kappa shape index (κ3) is 3.76. The molecular weight excluding hydrogens is 348 g/mol. The standard InChI is InChI=1S/C19H26N4O4/c24-22(25)16-2-3-17(18(9-16)23(26)27)20-4-1-5-21-19-10-13-6-14(11-19)8-15(7-13)12-19/h2-3,9,13-15,20-21H,1,4-8,10-12H2. The monoisotopic (exact) mass is 374 g/mol. The van der Waals surface area contributed by atoms with Crippen molar-refractivity contribution in [1.82, 2.24) is 5.32 Å². The summed E-state index contributed by atoms with van der Waals surface area (Å²) in [5.74, 6) is 2.72. The number of nitrogens with zero attached hydrogens (tertiary/aromatic N) is 2. The van der Waals surface area contributed by atoms with Crippen LogP contribution in [0.4, 0.5) is 17.1 Å². The molecular formula is C19H26N4O4. The van der Waals surface area contributed by atoms with Gasteiger partial charge in [0, 0.05) is 18.2 Å². The third-order valence-corrected chi connectivity index (χ3v) is 6.60. The van der Waals surface area contributed by atoms with Gasteiger partial charge in [-0.05, 0) is 75.3 Å². The van der Waals surface area contributed by atoms with Crippen molar-refractivity contribution in [1.29, 1.82) is 0 Å². The van der Waals surface area contributed by atoms with Crippen molar-refractivity contribution in [3.8, 4) is 0 Å². The van der Waals surface area contributed by atoms with Crippen LogP contribution in [0.5, 0.6) is 0 Å². The van der Waals surface area contributed by atoms with E-state index >= 15 is 0 Å². The number of nitro benzene ring substituents is 2. The molecule has 0 aliphatic heterocycles. The van der Waals surface area contributed by atoms with Crippen LogP contribution in [0.3, 0.4) is 0 Å². The summed E-state index contributed by atoms with van der Waals surface area (Å²) in [6.07, 6.45) is 9.04. The summed E-state index contributed by atoms with van der Waals surface area (Å²) in [6, 6.07) is 3.72. The van der Waals surface area contributed by atoms with Crippen molar-refractivity contribution in [2.24, 2.45) is 17.8 Å². The first-order valence-corrected chi connectivity index (χ1v) is 9.86. The number of hydrogen-bond acceptors (Lipinski definition) is 6. The van der Waals surface area contributed by atoms with E-state index in [1.54, 1.807) is 0 Å². The van der Waals surface area contributed by atoms with Crippen LogP contribution in [0, 0.1) is 38.0 Å². The topological polar surface area (TPSA) is 110 Å². The van der Waals surface area contributed by atoms with Gasteiger partial charge in [-0.15, -0.1) is 0 Å². The molecule has 1 aromatic rings. The van der Waals surface area contributed by atoms with Crippen LogP contribution < -0.4 is 10.6 Å². The molecule has 0 aromatic heterocycles. The summed E-state index contributed by atoms with van der Waals surface area (Å²) in [4.78, 5) is 20.8. The summed E-state index contributed by atoms with van der Waals surface area (Å²) < 4.78 is 0. The molecule has 4 saturated carbocycles. The van der Waals surface area contributed by atoms with Crippen molar-refractivity contribution < 1.29 is 9.85 Å². The highest BCUT2D eigenvalue weighted by Gasteiger charge is 2.50. The van der Waals surface area contributed by atoms with Crippen LogP contribution in [-0.2, 0) is 0 Å². The van der Waals surface area contributed by atoms with Gasteiger partial charge in [-0.25, -0.2) is 0 Å². The van der Waals surface area contributed by atoms with Gasteiger partial charge >= 0.3 is 0 Å². The Kier molecular flexibility index (Phi) is 4.75. The van der Waals surface area contributed by atoms with Crippen LogP contribution in [-0.4, -0.2) is 28.5 Å². The van der Waals surface area contributed by atoms with Gasteiger partial charge in [0.25, 0.3) is 11.4 Å². The fourth-order valence-electron chi connectivity index (χ4n) is 5.93. The van der Waals surface area contributed by atoms with Gasteiger partial charge in [-0.1, -0.05) is 0 Å². The van der Waals surface area contributed by atoms with E-state index in [2.05, 4.69) is 10.6 Å². The summed E-state index contributed by atoms with van der Waals surface area (Å²) in [5.41, 5.74) is 0.142. The molecule has 0 amide bonds. The first-order valence-electron chi connectivity index (χ1n) is 9.86. The lowest BCUT2D eigenvalue weighted by atomic mass is 9.53. The van der Waals surface area contributed by atoms with E-state index in [1.165, 1.54) is 50.7 Å². The maximum atomic E-state index is 11.2. The van der Waals surface area contributed by atoms with E-state index in [1.807, 2.05) is 0 Å². The molecule has 0 spiro atoms. The predicted octanol–water partition coefficient (Wildman–Crippen LogP) is 3.86. The highest BCUT2D eigenvalue weighted by atomic mass is 16.6. The number of nitro groups is 2. The molecule has 27 heavy (non-hydrogen) atoms. The quantitative estimate of drug-likeness (QED) is 0.406. The maximum Gasteiger partial charge on any atom is 0.299 e. The van der Waals surface area contributed by atoms with E-state index in [-0.39, 0.29) is 11.4 Å². The molecule has 146 valence electrons. The average molecular weight is 374 g/mol. The minimum Gasteiger partial charge on any atom is -0.379 e. The number of non-ortho nitro benzene ring substituents is 1. The summed E-state index contributed by atoms with van der Waals surface area (Å²) >= 11 is 0. The molecule has 0 radical (unpaired) electrons. The van der Waals surface area contributed by atoms with E-state index in [0.717, 1.165) is 36.8 Å². The summed E-state index contributed by atoms with van der Waals surface area (Å²) in [7, 11) is 0. The van der Waals surface area contributed by atoms with Crippen LogP contribution in [0.25, 0.3) is 0 Å². The Morgan fingerprint density at radius 3 is 2.15 bits per heavy atom. The summed E-state index contributed by atoms with van der Waals surface area (Å²) in [5, 5.41) is 28.9. The van der Waals surface area contributed by atoms with Gasteiger partial charge in [0.2, 0.25) is 0 Å². The zero-order valence-electron chi connectivity index (χ0n) is 15.4. The minimum atomic E-state index is -0.619. The lowest BCUT2D eigenvalue weighted by Gasteiger charge is -2.57. The van der Waals surface area contributed by atoms with Crippen molar-refractivity contribution in [2.45, 2.75) is 50.5 Å². The van der Waals surface area contributed by atoms with Crippen molar-refractivity contribution in [2.75, 3.05) is 18.4 Å². The lowest BCUT2D eigenvalue weighted by Crippen LogP contribution is -2.58.